The van der Waals surface area contributed by atoms with Gasteiger partial charge in [0, 0.05) is 17.0 Å². The molecule has 1 fully saturated rings. The molecule has 126 valence electrons. The number of hydrogen-bond donors (Lipinski definition) is 1. The molecular weight excluding hydrogens is 322 g/mol. The van der Waals surface area contributed by atoms with Gasteiger partial charge in [0.05, 0.1) is 12.7 Å². The highest BCUT2D eigenvalue weighted by Crippen LogP contribution is 2.58. The number of benzene rings is 2. The number of carbonyl (C=O) groups excluding carboxylic acids is 1. The lowest BCUT2D eigenvalue weighted by Crippen LogP contribution is -2.29. The Morgan fingerprint density at radius 2 is 1.83 bits per heavy atom. The van der Waals surface area contributed by atoms with E-state index < -0.39 is 0 Å². The van der Waals surface area contributed by atoms with Crippen LogP contribution in [-0.4, -0.2) is 19.1 Å². The second-order valence-corrected chi connectivity index (χ2v) is 7.44. The van der Waals surface area contributed by atoms with Crippen molar-refractivity contribution in [1.82, 2.24) is 5.32 Å². The Balaban J connectivity index is 1.80. The monoisotopic (exact) mass is 343 g/mol. The lowest BCUT2D eigenvalue weighted by Gasteiger charge is -2.10. The van der Waals surface area contributed by atoms with Gasteiger partial charge in [-0.15, -0.1) is 0 Å². The lowest BCUT2D eigenvalue weighted by atomic mass is 10.0. The summed E-state index contributed by atoms with van der Waals surface area (Å²) < 4.78 is 5.28. The van der Waals surface area contributed by atoms with E-state index >= 15 is 0 Å². The van der Waals surface area contributed by atoms with Crippen molar-refractivity contribution in [2.24, 2.45) is 5.41 Å². The molecule has 2 aromatic rings. The summed E-state index contributed by atoms with van der Waals surface area (Å²) in [6.45, 7) is 6.43. The van der Waals surface area contributed by atoms with Crippen LogP contribution in [0.2, 0.25) is 5.02 Å². The van der Waals surface area contributed by atoms with E-state index in [0.29, 0.717) is 22.3 Å². The smallest absolute Gasteiger partial charge is 0.255 e. The quantitative estimate of drug-likeness (QED) is 0.882. The molecule has 0 heterocycles. The second kappa shape index (κ2) is 6.14. The van der Waals surface area contributed by atoms with Gasteiger partial charge in [0.1, 0.15) is 5.75 Å². The number of nitrogens with one attached hydrogen (secondary N) is 1. The molecule has 1 amide bonds. The third-order valence-electron chi connectivity index (χ3n) is 4.96. The molecule has 0 aromatic heterocycles. The van der Waals surface area contributed by atoms with Crippen molar-refractivity contribution in [3.05, 3.63) is 64.2 Å². The second-order valence-electron chi connectivity index (χ2n) is 7.01. The summed E-state index contributed by atoms with van der Waals surface area (Å²) in [6.07, 6.45) is 0. The van der Waals surface area contributed by atoms with Crippen LogP contribution in [0.25, 0.3) is 0 Å². The molecule has 0 spiro atoms. The van der Waals surface area contributed by atoms with Crippen LogP contribution < -0.4 is 10.1 Å². The van der Waals surface area contributed by atoms with Gasteiger partial charge in [0.25, 0.3) is 5.91 Å². The fourth-order valence-electron chi connectivity index (χ4n) is 3.38. The summed E-state index contributed by atoms with van der Waals surface area (Å²) in [7, 11) is 1.55. The van der Waals surface area contributed by atoms with Gasteiger partial charge in [-0.3, -0.25) is 4.79 Å². The van der Waals surface area contributed by atoms with Crippen molar-refractivity contribution in [3.63, 3.8) is 0 Å². The minimum atomic E-state index is -0.151. The number of methoxy groups -OCH3 is 1. The highest BCUT2D eigenvalue weighted by atomic mass is 35.5. The molecule has 2 aromatic carbocycles. The van der Waals surface area contributed by atoms with Crippen molar-refractivity contribution < 1.29 is 9.53 Å². The maximum absolute atomic E-state index is 12.7. The fourth-order valence-corrected chi connectivity index (χ4v) is 3.55. The van der Waals surface area contributed by atoms with Crippen molar-refractivity contribution >= 4 is 17.5 Å². The molecule has 1 N–H and O–H groups in total. The first-order valence-corrected chi connectivity index (χ1v) is 8.43. The minimum Gasteiger partial charge on any atom is -0.496 e. The van der Waals surface area contributed by atoms with Crippen LogP contribution in [0, 0.1) is 12.3 Å². The first-order valence-electron chi connectivity index (χ1n) is 8.05. The number of amides is 1. The third-order valence-corrected chi connectivity index (χ3v) is 5.19. The number of ether oxygens (including phenoxy) is 1. The van der Waals surface area contributed by atoms with Gasteiger partial charge in [-0.25, -0.2) is 0 Å². The fraction of sp³-hybridized carbons (Fsp3) is 0.350. The van der Waals surface area contributed by atoms with E-state index in [-0.39, 0.29) is 17.4 Å². The molecule has 1 aliphatic carbocycles. The molecule has 1 aliphatic rings. The predicted molar refractivity (Wildman–Crippen MR) is 97.0 cm³/mol. The Morgan fingerprint density at radius 3 is 2.46 bits per heavy atom. The molecular formula is C20H22ClNO2. The Labute approximate surface area is 148 Å². The van der Waals surface area contributed by atoms with Crippen LogP contribution in [0.15, 0.2) is 42.5 Å². The van der Waals surface area contributed by atoms with Crippen LogP contribution in [-0.2, 0) is 0 Å². The van der Waals surface area contributed by atoms with Gasteiger partial charge in [0.15, 0.2) is 0 Å². The summed E-state index contributed by atoms with van der Waals surface area (Å²) in [6, 6.07) is 13.7. The number of aryl methyl sites for hydroxylation is 1. The van der Waals surface area contributed by atoms with E-state index in [0.717, 1.165) is 0 Å². The maximum atomic E-state index is 12.7. The van der Waals surface area contributed by atoms with Gasteiger partial charge in [-0.1, -0.05) is 55.3 Å². The minimum absolute atomic E-state index is 0.0245. The van der Waals surface area contributed by atoms with Crippen molar-refractivity contribution in [2.75, 3.05) is 7.11 Å². The van der Waals surface area contributed by atoms with E-state index in [1.807, 2.05) is 0 Å². The summed E-state index contributed by atoms with van der Waals surface area (Å²) in [5.41, 5.74) is 2.99. The van der Waals surface area contributed by atoms with Crippen LogP contribution >= 0.6 is 11.6 Å². The van der Waals surface area contributed by atoms with E-state index in [1.54, 1.807) is 25.3 Å². The standard InChI is InChI=1S/C20H22ClNO2/c1-12-5-7-13(8-6-12)17-18(20(17,2)3)22-19(23)15-11-14(21)9-10-16(15)24-4/h5-11,17-18H,1-4H3,(H,22,23). The zero-order valence-electron chi connectivity index (χ0n) is 14.4. The van der Waals surface area contributed by atoms with Crippen LogP contribution in [0.1, 0.15) is 41.3 Å². The maximum Gasteiger partial charge on any atom is 0.255 e. The zero-order valence-corrected chi connectivity index (χ0v) is 15.1. The molecule has 0 aliphatic heterocycles. The van der Waals surface area contributed by atoms with E-state index in [9.17, 15) is 4.79 Å². The van der Waals surface area contributed by atoms with Gasteiger partial charge in [-0.2, -0.15) is 0 Å². The van der Waals surface area contributed by atoms with E-state index in [4.69, 9.17) is 16.3 Å². The van der Waals surface area contributed by atoms with E-state index in [2.05, 4.69) is 50.4 Å². The molecule has 4 heteroatoms. The molecule has 0 radical (unpaired) electrons. The Bertz CT molecular complexity index is 768. The van der Waals surface area contributed by atoms with E-state index in [1.165, 1.54) is 11.1 Å². The number of carbonyl (C=O) groups is 1. The molecule has 1 saturated carbocycles. The largest absolute Gasteiger partial charge is 0.496 e. The van der Waals surface area contributed by atoms with Crippen molar-refractivity contribution in [1.29, 1.82) is 0 Å². The summed E-state index contributed by atoms with van der Waals surface area (Å²) >= 11 is 6.03. The molecule has 24 heavy (non-hydrogen) atoms. The molecule has 3 nitrogen and oxygen atoms in total. The van der Waals surface area contributed by atoms with Gasteiger partial charge >= 0.3 is 0 Å². The first kappa shape index (κ1) is 16.8. The average molecular weight is 344 g/mol. The van der Waals surface area contributed by atoms with Crippen LogP contribution in [0.3, 0.4) is 0 Å². The normalized spacial score (nSPS) is 21.2. The predicted octanol–water partition coefficient (Wildman–Crippen LogP) is 4.58. The van der Waals surface area contributed by atoms with Crippen molar-refractivity contribution in [2.45, 2.75) is 32.7 Å². The topological polar surface area (TPSA) is 38.3 Å². The average Bonchev–Trinajstić information content (AvgIpc) is 3.08. The Kier molecular flexibility index (Phi) is 4.31. The van der Waals surface area contributed by atoms with Crippen LogP contribution in [0.5, 0.6) is 5.75 Å². The molecule has 0 bridgehead atoms. The molecule has 2 unspecified atom stereocenters. The SMILES string of the molecule is COc1ccc(Cl)cc1C(=O)NC1C(c2ccc(C)cc2)C1(C)C. The Morgan fingerprint density at radius 1 is 1.17 bits per heavy atom. The van der Waals surface area contributed by atoms with Crippen LogP contribution in [0.4, 0.5) is 0 Å². The molecule has 3 rings (SSSR count). The molecule has 0 saturated heterocycles. The van der Waals surface area contributed by atoms with Crippen molar-refractivity contribution in [3.8, 4) is 5.75 Å². The first-order chi connectivity index (χ1) is 11.3. The van der Waals surface area contributed by atoms with Gasteiger partial charge < -0.3 is 10.1 Å². The zero-order chi connectivity index (χ0) is 17.5. The molecule has 2 atom stereocenters. The lowest BCUT2D eigenvalue weighted by molar-refractivity contribution is 0.0943. The third kappa shape index (κ3) is 3.01. The highest BCUT2D eigenvalue weighted by molar-refractivity contribution is 6.31. The van der Waals surface area contributed by atoms with Gasteiger partial charge in [-0.05, 0) is 36.1 Å². The Hall–Kier alpha value is -2.00. The number of rotatable bonds is 4. The number of hydrogen-bond acceptors (Lipinski definition) is 2. The summed E-state index contributed by atoms with van der Waals surface area (Å²) in [4.78, 5) is 12.7. The summed E-state index contributed by atoms with van der Waals surface area (Å²) in [5, 5.41) is 3.67. The highest BCUT2D eigenvalue weighted by Gasteiger charge is 2.59. The van der Waals surface area contributed by atoms with Gasteiger partial charge in [0.2, 0.25) is 0 Å². The summed E-state index contributed by atoms with van der Waals surface area (Å²) in [5.74, 6) is 0.691. The number of halogens is 1.